The molecular formula is C20H25N7O3. The zero-order valence-electron chi connectivity index (χ0n) is 16.7. The number of amides is 1. The molecule has 30 heavy (non-hydrogen) atoms. The fraction of sp³-hybridized carbons (Fsp3) is 0.400. The highest BCUT2D eigenvalue weighted by Crippen LogP contribution is 2.19. The number of nitrogens with one attached hydrogen (secondary N) is 2. The fourth-order valence-corrected chi connectivity index (χ4v) is 3.39. The number of carbonyl (C=O) groups excluding carboxylic acids is 1. The van der Waals surface area contributed by atoms with Gasteiger partial charge in [0, 0.05) is 38.1 Å². The first-order valence-electron chi connectivity index (χ1n) is 9.90. The van der Waals surface area contributed by atoms with E-state index in [4.69, 9.17) is 0 Å². The average Bonchev–Trinajstić information content (AvgIpc) is 3.36. The SMILES string of the molecule is Cn1cc2c(n1)C(=O)NCCC(O)C(O)CCn1cc(cn1)-c1cccc(n1)CN2. The van der Waals surface area contributed by atoms with E-state index in [1.54, 1.807) is 28.8 Å². The van der Waals surface area contributed by atoms with Crippen LogP contribution in [0.25, 0.3) is 11.3 Å². The monoisotopic (exact) mass is 411 g/mol. The first kappa shape index (κ1) is 20.0. The summed E-state index contributed by atoms with van der Waals surface area (Å²) in [7, 11) is 1.74. The van der Waals surface area contributed by atoms with Crippen LogP contribution in [0.1, 0.15) is 29.0 Å². The minimum atomic E-state index is -0.945. The maximum absolute atomic E-state index is 12.6. The summed E-state index contributed by atoms with van der Waals surface area (Å²) in [4.78, 5) is 17.2. The summed E-state index contributed by atoms with van der Waals surface area (Å²) in [6.07, 6.45) is 4.07. The summed E-state index contributed by atoms with van der Waals surface area (Å²) in [6.45, 7) is 1.12. The maximum Gasteiger partial charge on any atom is 0.273 e. The second-order valence-corrected chi connectivity index (χ2v) is 7.39. The molecule has 158 valence electrons. The van der Waals surface area contributed by atoms with Crippen LogP contribution in [0.3, 0.4) is 0 Å². The van der Waals surface area contributed by atoms with Crippen molar-refractivity contribution in [2.75, 3.05) is 11.9 Å². The number of rotatable bonds is 0. The summed E-state index contributed by atoms with van der Waals surface area (Å²) in [5.74, 6) is -0.342. The molecule has 4 rings (SSSR count). The molecule has 0 fully saturated rings. The summed E-state index contributed by atoms with van der Waals surface area (Å²) in [6, 6.07) is 5.74. The summed E-state index contributed by atoms with van der Waals surface area (Å²) >= 11 is 0. The predicted molar refractivity (Wildman–Crippen MR) is 110 cm³/mol. The number of aryl methyl sites for hydroxylation is 2. The van der Waals surface area contributed by atoms with E-state index in [1.165, 1.54) is 0 Å². The number of hydrogen-bond donors (Lipinski definition) is 4. The van der Waals surface area contributed by atoms with E-state index < -0.39 is 12.2 Å². The Morgan fingerprint density at radius 3 is 2.83 bits per heavy atom. The van der Waals surface area contributed by atoms with Gasteiger partial charge in [0.15, 0.2) is 5.69 Å². The molecular weight excluding hydrogens is 386 g/mol. The van der Waals surface area contributed by atoms with Crippen molar-refractivity contribution in [3.8, 4) is 11.3 Å². The van der Waals surface area contributed by atoms with Gasteiger partial charge in [0.05, 0.1) is 42.0 Å². The fourth-order valence-electron chi connectivity index (χ4n) is 3.39. The summed E-state index contributed by atoms with van der Waals surface area (Å²) < 4.78 is 3.29. The Bertz CT molecular complexity index is 1030. The van der Waals surface area contributed by atoms with Crippen LogP contribution >= 0.6 is 0 Å². The Morgan fingerprint density at radius 2 is 1.97 bits per heavy atom. The van der Waals surface area contributed by atoms with E-state index >= 15 is 0 Å². The Morgan fingerprint density at radius 1 is 1.13 bits per heavy atom. The van der Waals surface area contributed by atoms with Gasteiger partial charge in [-0.25, -0.2) is 0 Å². The van der Waals surface area contributed by atoms with Gasteiger partial charge in [-0.2, -0.15) is 10.2 Å². The summed E-state index contributed by atoms with van der Waals surface area (Å²) in [5.41, 5.74) is 3.33. The van der Waals surface area contributed by atoms with Crippen molar-refractivity contribution >= 4 is 11.6 Å². The second-order valence-electron chi connectivity index (χ2n) is 7.39. The molecule has 1 amide bonds. The normalized spacial score (nSPS) is 20.4. The van der Waals surface area contributed by atoms with Gasteiger partial charge in [0.2, 0.25) is 0 Å². The molecule has 0 aromatic carbocycles. The van der Waals surface area contributed by atoms with Crippen molar-refractivity contribution in [3.63, 3.8) is 0 Å². The molecule has 3 aromatic rings. The lowest BCUT2D eigenvalue weighted by atomic mass is 10.1. The van der Waals surface area contributed by atoms with Gasteiger partial charge in [-0.05, 0) is 25.0 Å². The molecule has 1 aliphatic rings. The highest BCUT2D eigenvalue weighted by Gasteiger charge is 2.19. The van der Waals surface area contributed by atoms with Gasteiger partial charge in [-0.15, -0.1) is 0 Å². The number of aliphatic hydroxyl groups is 2. The van der Waals surface area contributed by atoms with Crippen LogP contribution in [0.15, 0.2) is 36.8 Å². The maximum atomic E-state index is 12.6. The average molecular weight is 411 g/mol. The van der Waals surface area contributed by atoms with E-state index in [0.29, 0.717) is 25.2 Å². The molecule has 0 aliphatic carbocycles. The molecule has 10 heteroatoms. The van der Waals surface area contributed by atoms with E-state index in [9.17, 15) is 15.0 Å². The number of aromatic nitrogens is 5. The Kier molecular flexibility index (Phi) is 5.77. The van der Waals surface area contributed by atoms with Crippen molar-refractivity contribution in [1.82, 2.24) is 29.9 Å². The van der Waals surface area contributed by atoms with Crippen LogP contribution in [-0.2, 0) is 20.1 Å². The van der Waals surface area contributed by atoms with Gasteiger partial charge < -0.3 is 20.8 Å². The van der Waals surface area contributed by atoms with Crippen LogP contribution in [-0.4, -0.2) is 59.4 Å². The van der Waals surface area contributed by atoms with Gasteiger partial charge >= 0.3 is 0 Å². The third kappa shape index (κ3) is 4.50. The molecule has 1 aliphatic heterocycles. The third-order valence-corrected chi connectivity index (χ3v) is 5.06. The highest BCUT2D eigenvalue weighted by atomic mass is 16.3. The predicted octanol–water partition coefficient (Wildman–Crippen LogP) is 0.536. The molecule has 0 spiro atoms. The van der Waals surface area contributed by atoms with Crippen LogP contribution in [0.4, 0.5) is 5.69 Å². The van der Waals surface area contributed by atoms with Gasteiger partial charge in [0.1, 0.15) is 0 Å². The standard InChI is InChI=1S/C20H25N7O3/c1-26-12-16-19(25-26)20(30)21-7-5-17(28)18(29)6-8-27-11-13(9-23-27)15-4-2-3-14(24-15)10-22-16/h2-4,9,11-12,17-18,22,28-29H,5-8,10H2,1H3,(H,21,30). The minimum Gasteiger partial charge on any atom is -0.390 e. The first-order valence-corrected chi connectivity index (χ1v) is 9.90. The lowest BCUT2D eigenvalue weighted by molar-refractivity contribution is 0.00746. The van der Waals surface area contributed by atoms with Gasteiger partial charge in [-0.3, -0.25) is 19.1 Å². The largest absolute Gasteiger partial charge is 0.390 e. The topological polar surface area (TPSA) is 130 Å². The number of anilines is 1. The number of nitrogens with zero attached hydrogens (tertiary/aromatic N) is 5. The third-order valence-electron chi connectivity index (χ3n) is 5.06. The van der Waals surface area contributed by atoms with Crippen molar-refractivity contribution in [2.24, 2.45) is 7.05 Å². The van der Waals surface area contributed by atoms with E-state index in [2.05, 4.69) is 25.8 Å². The van der Waals surface area contributed by atoms with E-state index in [1.807, 2.05) is 24.4 Å². The number of pyridine rings is 1. The lowest BCUT2D eigenvalue weighted by Crippen LogP contribution is -2.33. The van der Waals surface area contributed by atoms with Crippen LogP contribution in [0.5, 0.6) is 0 Å². The first-order chi connectivity index (χ1) is 14.5. The molecule has 3 aromatic heterocycles. The molecule has 0 saturated carbocycles. The Labute approximate surface area is 173 Å². The lowest BCUT2D eigenvalue weighted by Gasteiger charge is -2.18. The minimum absolute atomic E-state index is 0.225. The molecule has 0 saturated heterocycles. The van der Waals surface area contributed by atoms with Crippen LogP contribution < -0.4 is 10.6 Å². The zero-order valence-corrected chi connectivity index (χ0v) is 16.7. The van der Waals surface area contributed by atoms with E-state index in [0.717, 1.165) is 17.0 Å². The van der Waals surface area contributed by atoms with Gasteiger partial charge in [-0.1, -0.05) is 6.07 Å². The Balaban J connectivity index is 1.63. The van der Waals surface area contributed by atoms with Crippen molar-refractivity contribution in [2.45, 2.75) is 38.1 Å². The number of fused-ring (bicyclic) bond motifs is 6. The smallest absolute Gasteiger partial charge is 0.273 e. The zero-order chi connectivity index (χ0) is 21.1. The molecule has 10 nitrogen and oxygen atoms in total. The van der Waals surface area contributed by atoms with Crippen molar-refractivity contribution in [3.05, 3.63) is 48.2 Å². The molecule has 4 bridgehead atoms. The molecule has 2 atom stereocenters. The quantitative estimate of drug-likeness (QED) is 0.425. The second kappa shape index (κ2) is 8.64. The molecule has 4 N–H and O–H groups in total. The van der Waals surface area contributed by atoms with Gasteiger partial charge in [0.25, 0.3) is 5.91 Å². The molecule has 2 unspecified atom stereocenters. The number of hydrogen-bond acceptors (Lipinski definition) is 7. The summed E-state index contributed by atoms with van der Waals surface area (Å²) in [5, 5.41) is 35.0. The molecule has 0 radical (unpaired) electrons. The Hall–Kier alpha value is -3.24. The molecule has 4 heterocycles. The van der Waals surface area contributed by atoms with Crippen molar-refractivity contribution < 1.29 is 15.0 Å². The van der Waals surface area contributed by atoms with Crippen LogP contribution in [0, 0.1) is 0 Å². The van der Waals surface area contributed by atoms with Crippen molar-refractivity contribution in [1.29, 1.82) is 0 Å². The number of carbonyl (C=O) groups is 1. The van der Waals surface area contributed by atoms with E-state index in [-0.39, 0.29) is 24.6 Å². The number of aliphatic hydroxyl groups excluding tert-OH is 2. The highest BCUT2D eigenvalue weighted by molar-refractivity contribution is 5.97. The van der Waals surface area contributed by atoms with Crippen LogP contribution in [0.2, 0.25) is 0 Å².